The van der Waals surface area contributed by atoms with Crippen LogP contribution in [0.3, 0.4) is 0 Å². The van der Waals surface area contributed by atoms with Gasteiger partial charge in [-0.25, -0.2) is 4.98 Å². The third-order valence-corrected chi connectivity index (χ3v) is 3.97. The fourth-order valence-electron chi connectivity index (χ4n) is 2.80. The van der Waals surface area contributed by atoms with Crippen LogP contribution in [-0.4, -0.2) is 33.9 Å². The zero-order valence-electron chi connectivity index (χ0n) is 11.4. The fourth-order valence-corrected chi connectivity index (χ4v) is 2.80. The molecular weight excluding hydrogens is 226 g/mol. The third-order valence-electron chi connectivity index (χ3n) is 3.97. The van der Waals surface area contributed by atoms with Gasteiger partial charge >= 0.3 is 0 Å². The van der Waals surface area contributed by atoms with Gasteiger partial charge in [-0.1, -0.05) is 13.8 Å². The molecule has 0 spiro atoms. The molecule has 2 heterocycles. The van der Waals surface area contributed by atoms with Crippen LogP contribution in [0.15, 0.2) is 12.4 Å². The Bertz CT molecular complexity index is 370. The SMILES string of the molecule is CCC(CC)C(=O)N1CCCC(c2ncc[nH]2)C1. The number of amides is 1. The molecule has 1 aromatic heterocycles. The first-order chi connectivity index (χ1) is 8.76. The second-order valence-corrected chi connectivity index (χ2v) is 5.11. The van der Waals surface area contributed by atoms with Crippen molar-refractivity contribution in [1.29, 1.82) is 0 Å². The lowest BCUT2D eigenvalue weighted by atomic mass is 9.94. The molecule has 100 valence electrons. The number of nitrogens with zero attached hydrogens (tertiary/aromatic N) is 2. The summed E-state index contributed by atoms with van der Waals surface area (Å²) in [5, 5.41) is 0. The zero-order chi connectivity index (χ0) is 13.0. The first kappa shape index (κ1) is 13.1. The number of aromatic amines is 1. The Morgan fingerprint density at radius 2 is 2.33 bits per heavy atom. The predicted octanol–water partition coefficient (Wildman–Crippen LogP) is 2.55. The number of H-pyrrole nitrogens is 1. The number of piperidine rings is 1. The first-order valence-corrected chi connectivity index (χ1v) is 7.04. The fraction of sp³-hybridized carbons (Fsp3) is 0.714. The molecule has 0 aromatic carbocycles. The molecule has 1 saturated heterocycles. The zero-order valence-corrected chi connectivity index (χ0v) is 11.4. The van der Waals surface area contributed by atoms with Crippen LogP contribution in [0.1, 0.15) is 51.3 Å². The van der Waals surface area contributed by atoms with Gasteiger partial charge < -0.3 is 9.88 Å². The van der Waals surface area contributed by atoms with Crippen molar-refractivity contribution in [3.8, 4) is 0 Å². The molecule has 1 aromatic rings. The van der Waals surface area contributed by atoms with E-state index in [4.69, 9.17) is 0 Å². The number of nitrogens with one attached hydrogen (secondary N) is 1. The minimum absolute atomic E-state index is 0.195. The Morgan fingerprint density at radius 3 is 2.94 bits per heavy atom. The summed E-state index contributed by atoms with van der Waals surface area (Å²) in [7, 11) is 0. The molecule has 1 N–H and O–H groups in total. The maximum Gasteiger partial charge on any atom is 0.225 e. The predicted molar refractivity (Wildman–Crippen MR) is 71.2 cm³/mol. The minimum atomic E-state index is 0.195. The van der Waals surface area contributed by atoms with E-state index < -0.39 is 0 Å². The number of hydrogen-bond acceptors (Lipinski definition) is 2. The molecule has 0 radical (unpaired) electrons. The molecule has 0 bridgehead atoms. The van der Waals surface area contributed by atoms with Gasteiger partial charge in [0.15, 0.2) is 0 Å². The van der Waals surface area contributed by atoms with Crippen molar-refractivity contribution in [2.24, 2.45) is 5.92 Å². The molecule has 1 aliphatic rings. The summed E-state index contributed by atoms with van der Waals surface area (Å²) in [5.74, 6) is 1.93. The van der Waals surface area contributed by atoms with Crippen molar-refractivity contribution in [3.63, 3.8) is 0 Å². The molecule has 4 nitrogen and oxygen atoms in total. The minimum Gasteiger partial charge on any atom is -0.348 e. The molecule has 1 unspecified atom stereocenters. The molecule has 18 heavy (non-hydrogen) atoms. The topological polar surface area (TPSA) is 49.0 Å². The lowest BCUT2D eigenvalue weighted by Crippen LogP contribution is -2.42. The van der Waals surface area contributed by atoms with E-state index in [1.807, 2.05) is 11.1 Å². The van der Waals surface area contributed by atoms with E-state index in [0.29, 0.717) is 11.8 Å². The summed E-state index contributed by atoms with van der Waals surface area (Å²) in [4.78, 5) is 21.9. The van der Waals surface area contributed by atoms with Gasteiger partial charge in [-0.2, -0.15) is 0 Å². The Balaban J connectivity index is 2.00. The van der Waals surface area contributed by atoms with Crippen molar-refractivity contribution < 1.29 is 4.79 Å². The highest BCUT2D eigenvalue weighted by atomic mass is 16.2. The Hall–Kier alpha value is -1.32. The Labute approximate surface area is 109 Å². The van der Waals surface area contributed by atoms with Crippen molar-refractivity contribution in [2.45, 2.75) is 45.4 Å². The summed E-state index contributed by atoms with van der Waals surface area (Å²) < 4.78 is 0. The molecule has 1 amide bonds. The average molecular weight is 249 g/mol. The molecule has 0 aliphatic carbocycles. The summed E-state index contributed by atoms with van der Waals surface area (Å²) in [6, 6.07) is 0. The van der Waals surface area contributed by atoms with Crippen molar-refractivity contribution >= 4 is 5.91 Å². The van der Waals surface area contributed by atoms with Gasteiger partial charge in [-0.05, 0) is 25.7 Å². The van der Waals surface area contributed by atoms with E-state index in [1.54, 1.807) is 6.20 Å². The van der Waals surface area contributed by atoms with Crippen molar-refractivity contribution in [1.82, 2.24) is 14.9 Å². The lowest BCUT2D eigenvalue weighted by Gasteiger charge is -2.34. The summed E-state index contributed by atoms with van der Waals surface area (Å²) in [6.45, 7) is 5.93. The number of carbonyl (C=O) groups is 1. The van der Waals surface area contributed by atoms with Crippen molar-refractivity contribution in [3.05, 3.63) is 18.2 Å². The van der Waals surface area contributed by atoms with Gasteiger partial charge in [0, 0.05) is 37.3 Å². The van der Waals surface area contributed by atoms with Crippen LogP contribution in [0.4, 0.5) is 0 Å². The highest BCUT2D eigenvalue weighted by molar-refractivity contribution is 5.78. The van der Waals surface area contributed by atoms with Crippen LogP contribution in [0.25, 0.3) is 0 Å². The van der Waals surface area contributed by atoms with E-state index >= 15 is 0 Å². The average Bonchev–Trinajstić information content (AvgIpc) is 2.94. The number of carbonyl (C=O) groups excluding carboxylic acids is 1. The maximum absolute atomic E-state index is 12.4. The third kappa shape index (κ3) is 2.74. The monoisotopic (exact) mass is 249 g/mol. The normalized spacial score (nSPS) is 20.4. The smallest absolute Gasteiger partial charge is 0.225 e. The van der Waals surface area contributed by atoms with Gasteiger partial charge in [-0.3, -0.25) is 4.79 Å². The number of imidazole rings is 1. The first-order valence-electron chi connectivity index (χ1n) is 7.04. The Kier molecular flexibility index (Phi) is 4.39. The second-order valence-electron chi connectivity index (χ2n) is 5.11. The van der Waals surface area contributed by atoms with E-state index in [2.05, 4.69) is 23.8 Å². The molecule has 1 fully saturated rings. The summed E-state index contributed by atoms with van der Waals surface area (Å²) in [6.07, 6.45) is 7.74. The van der Waals surface area contributed by atoms with E-state index in [9.17, 15) is 4.79 Å². The number of hydrogen-bond donors (Lipinski definition) is 1. The summed E-state index contributed by atoms with van der Waals surface area (Å²) >= 11 is 0. The van der Waals surface area contributed by atoms with E-state index in [1.165, 1.54) is 0 Å². The molecule has 2 rings (SSSR count). The molecule has 1 aliphatic heterocycles. The number of aromatic nitrogens is 2. The molecule has 0 saturated carbocycles. The quantitative estimate of drug-likeness (QED) is 0.891. The van der Waals surface area contributed by atoms with Crippen LogP contribution in [0.5, 0.6) is 0 Å². The largest absolute Gasteiger partial charge is 0.348 e. The highest BCUT2D eigenvalue weighted by Crippen LogP contribution is 2.26. The molecule has 1 atom stereocenters. The second kappa shape index (κ2) is 6.03. The van der Waals surface area contributed by atoms with Gasteiger partial charge in [0.05, 0.1) is 0 Å². The van der Waals surface area contributed by atoms with Gasteiger partial charge in [0.25, 0.3) is 0 Å². The van der Waals surface area contributed by atoms with Gasteiger partial charge in [0.1, 0.15) is 5.82 Å². The highest BCUT2D eigenvalue weighted by Gasteiger charge is 2.28. The number of rotatable bonds is 4. The van der Waals surface area contributed by atoms with Crippen molar-refractivity contribution in [2.75, 3.05) is 13.1 Å². The van der Waals surface area contributed by atoms with Crippen LogP contribution < -0.4 is 0 Å². The number of likely N-dealkylation sites (tertiary alicyclic amines) is 1. The van der Waals surface area contributed by atoms with Crippen LogP contribution in [-0.2, 0) is 4.79 Å². The lowest BCUT2D eigenvalue weighted by molar-refractivity contribution is -0.137. The van der Waals surface area contributed by atoms with Gasteiger partial charge in [-0.15, -0.1) is 0 Å². The van der Waals surface area contributed by atoms with Crippen LogP contribution >= 0.6 is 0 Å². The molecular formula is C14H23N3O. The van der Waals surface area contributed by atoms with E-state index in [-0.39, 0.29) is 5.92 Å². The van der Waals surface area contributed by atoms with Crippen LogP contribution in [0.2, 0.25) is 0 Å². The summed E-state index contributed by atoms with van der Waals surface area (Å²) in [5.41, 5.74) is 0. The Morgan fingerprint density at radius 1 is 1.56 bits per heavy atom. The maximum atomic E-state index is 12.4. The van der Waals surface area contributed by atoms with Gasteiger partial charge in [0.2, 0.25) is 5.91 Å². The standard InChI is InChI=1S/C14H23N3O/c1-3-11(4-2)14(18)17-9-5-6-12(10-17)13-15-7-8-16-13/h7-8,11-12H,3-6,9-10H2,1-2H3,(H,15,16). The van der Waals surface area contributed by atoms with E-state index in [0.717, 1.165) is 44.6 Å². The van der Waals surface area contributed by atoms with Crippen LogP contribution in [0, 0.1) is 5.92 Å². The molecule has 4 heteroatoms.